The van der Waals surface area contributed by atoms with E-state index in [1.165, 1.54) is 36.4 Å². The maximum atomic E-state index is 13.7. The summed E-state index contributed by atoms with van der Waals surface area (Å²) in [5.74, 6) is -1.93. The van der Waals surface area contributed by atoms with E-state index in [-0.39, 0.29) is 18.6 Å². The first-order valence-corrected chi connectivity index (χ1v) is 15.6. The minimum Gasteiger partial charge on any atom is -0.394 e. The molecule has 2 amide bonds. The van der Waals surface area contributed by atoms with Crippen LogP contribution in [-0.4, -0.2) is 83.0 Å². The Kier molecular flexibility index (Phi) is 11.0. The highest BCUT2D eigenvalue weighted by molar-refractivity contribution is 6.03. The van der Waals surface area contributed by atoms with Crippen molar-refractivity contribution in [3.05, 3.63) is 101 Å². The van der Waals surface area contributed by atoms with Crippen molar-refractivity contribution in [1.82, 2.24) is 5.32 Å². The Hall–Kier alpha value is -3.78. The number of nitrogens with zero attached hydrogens (tertiary/aromatic N) is 1. The van der Waals surface area contributed by atoms with E-state index in [9.17, 15) is 38.8 Å². The maximum absolute atomic E-state index is 13.7. The Balaban J connectivity index is 1.23. The van der Waals surface area contributed by atoms with E-state index in [4.69, 9.17) is 9.47 Å². The third kappa shape index (κ3) is 7.86. The minimum absolute atomic E-state index is 0.126. The summed E-state index contributed by atoms with van der Waals surface area (Å²) in [5.41, 5.74) is 0.797. The van der Waals surface area contributed by atoms with E-state index >= 15 is 0 Å². The number of carbonyl (C=O) groups excluding carboxylic acids is 2. The normalized spacial score (nSPS) is 19.5. The first-order valence-electron chi connectivity index (χ1n) is 15.6. The predicted molar refractivity (Wildman–Crippen MR) is 167 cm³/mol. The SMILES string of the molecule is O=C(COC1(CCc2ccc([C@@H]3[C@@H](CC[C@H](O)c4ccc(F)cc4)C(=O)N3c3ccc(F)cc3)cc2)COC1)NC(CO)(CO)CO. The van der Waals surface area contributed by atoms with Crippen LogP contribution >= 0.6 is 0 Å². The molecule has 0 bridgehead atoms. The molecule has 5 N–H and O–H groups in total. The van der Waals surface area contributed by atoms with Gasteiger partial charge in [0.05, 0.1) is 51.1 Å². The highest BCUT2D eigenvalue weighted by Gasteiger charge is 2.48. The Morgan fingerprint density at radius 3 is 2.11 bits per heavy atom. The first-order chi connectivity index (χ1) is 22.6. The highest BCUT2D eigenvalue weighted by atomic mass is 19.1. The van der Waals surface area contributed by atoms with Gasteiger partial charge in [0.15, 0.2) is 0 Å². The van der Waals surface area contributed by atoms with Crippen LogP contribution in [-0.2, 0) is 25.5 Å². The van der Waals surface area contributed by atoms with Gasteiger partial charge in [0.2, 0.25) is 11.8 Å². The van der Waals surface area contributed by atoms with E-state index in [2.05, 4.69) is 5.32 Å². The van der Waals surface area contributed by atoms with Crippen molar-refractivity contribution >= 4 is 17.5 Å². The summed E-state index contributed by atoms with van der Waals surface area (Å²) in [7, 11) is 0. The van der Waals surface area contributed by atoms with Crippen molar-refractivity contribution in [3.8, 4) is 0 Å². The number of halogens is 2. The lowest BCUT2D eigenvalue weighted by Gasteiger charge is -2.48. The molecule has 0 spiro atoms. The number of aliphatic hydroxyl groups excluding tert-OH is 4. The minimum atomic E-state index is -1.54. The largest absolute Gasteiger partial charge is 0.394 e. The topological polar surface area (TPSA) is 149 Å². The van der Waals surface area contributed by atoms with Crippen LogP contribution in [0.3, 0.4) is 0 Å². The van der Waals surface area contributed by atoms with Crippen molar-refractivity contribution in [2.24, 2.45) is 5.92 Å². The molecule has 0 aliphatic carbocycles. The molecule has 47 heavy (non-hydrogen) atoms. The molecular weight excluding hydrogens is 614 g/mol. The summed E-state index contributed by atoms with van der Waals surface area (Å²) in [6.45, 7) is -1.64. The van der Waals surface area contributed by atoms with Gasteiger partial charge in [0.25, 0.3) is 0 Å². The van der Waals surface area contributed by atoms with E-state index in [1.807, 2.05) is 24.3 Å². The molecule has 0 saturated carbocycles. The zero-order chi connectivity index (χ0) is 33.6. The van der Waals surface area contributed by atoms with E-state index in [0.717, 1.165) is 11.1 Å². The molecule has 3 aromatic carbocycles. The van der Waals surface area contributed by atoms with Crippen molar-refractivity contribution in [3.63, 3.8) is 0 Å². The standard InChI is InChI=1S/C35H40F2N2O8/c36-26-7-5-24(6-8-26)30(43)14-13-29-32(39(33(29)45)28-11-9-27(37)10-12-28)25-3-1-23(2-4-25)15-16-35(21-46-22-35)47-17-31(44)38-34(18-40,19-41)20-42/h1-12,29-30,32,40-43H,13-22H2,(H,38,44)/t29-,30+,32-/m1/s1. The quantitative estimate of drug-likeness (QED) is 0.148. The van der Waals surface area contributed by atoms with Crippen LogP contribution < -0.4 is 10.2 Å². The van der Waals surface area contributed by atoms with Gasteiger partial charge < -0.3 is 40.1 Å². The van der Waals surface area contributed by atoms with E-state index < -0.39 is 60.5 Å². The number of carbonyl (C=O) groups is 2. The lowest BCUT2D eigenvalue weighted by molar-refractivity contribution is -0.212. The zero-order valence-electron chi connectivity index (χ0n) is 25.9. The molecule has 2 aliphatic heterocycles. The Bertz CT molecular complexity index is 1490. The molecule has 10 nitrogen and oxygen atoms in total. The maximum Gasteiger partial charge on any atom is 0.246 e. The molecule has 2 saturated heterocycles. The summed E-state index contributed by atoms with van der Waals surface area (Å²) >= 11 is 0. The average Bonchev–Trinajstić information content (AvgIpc) is 3.07. The smallest absolute Gasteiger partial charge is 0.246 e. The number of β-lactam (4-membered cyclic amide) rings is 1. The zero-order valence-corrected chi connectivity index (χ0v) is 25.9. The van der Waals surface area contributed by atoms with Gasteiger partial charge >= 0.3 is 0 Å². The first kappa shape index (κ1) is 34.6. The second-order valence-corrected chi connectivity index (χ2v) is 12.4. The molecule has 3 aromatic rings. The number of hydrogen-bond donors (Lipinski definition) is 5. The van der Waals surface area contributed by atoms with E-state index in [1.54, 1.807) is 17.0 Å². The van der Waals surface area contributed by atoms with Gasteiger partial charge in [0.1, 0.15) is 29.4 Å². The lowest BCUT2D eigenvalue weighted by Crippen LogP contribution is -2.59. The van der Waals surface area contributed by atoms with Crippen LogP contribution in [0.4, 0.5) is 14.5 Å². The summed E-state index contributed by atoms with van der Waals surface area (Å²) < 4.78 is 38.3. The number of aryl methyl sites for hydroxylation is 1. The number of aliphatic hydroxyl groups is 4. The second-order valence-electron chi connectivity index (χ2n) is 12.4. The second kappa shape index (κ2) is 15.0. The van der Waals surface area contributed by atoms with Crippen LogP contribution in [0.5, 0.6) is 0 Å². The Labute approximate surface area is 271 Å². The number of amides is 2. The van der Waals surface area contributed by atoms with Gasteiger partial charge in [-0.3, -0.25) is 9.59 Å². The predicted octanol–water partition coefficient (Wildman–Crippen LogP) is 2.73. The molecule has 2 aliphatic rings. The third-order valence-corrected chi connectivity index (χ3v) is 9.07. The van der Waals surface area contributed by atoms with Gasteiger partial charge in [-0.15, -0.1) is 0 Å². The molecule has 2 heterocycles. The van der Waals surface area contributed by atoms with Crippen molar-refractivity contribution in [1.29, 1.82) is 0 Å². The van der Waals surface area contributed by atoms with Gasteiger partial charge in [-0.25, -0.2) is 8.78 Å². The molecular formula is C35H40F2N2O8. The number of nitrogens with one attached hydrogen (secondary N) is 1. The number of ether oxygens (including phenoxy) is 2. The molecule has 0 radical (unpaired) electrons. The van der Waals surface area contributed by atoms with Gasteiger partial charge in [0, 0.05) is 5.69 Å². The molecule has 2 fully saturated rings. The summed E-state index contributed by atoms with van der Waals surface area (Å²) in [6.07, 6.45) is 1.00. The fourth-order valence-electron chi connectivity index (χ4n) is 5.99. The molecule has 5 rings (SSSR count). The van der Waals surface area contributed by atoms with Gasteiger partial charge in [-0.1, -0.05) is 36.4 Å². The number of hydrogen-bond acceptors (Lipinski definition) is 8. The van der Waals surface area contributed by atoms with Crippen LogP contribution in [0, 0.1) is 17.6 Å². The Morgan fingerprint density at radius 2 is 1.55 bits per heavy atom. The highest BCUT2D eigenvalue weighted by Crippen LogP contribution is 2.46. The van der Waals surface area contributed by atoms with Gasteiger partial charge in [-0.05, 0) is 78.8 Å². The number of anilines is 1. The molecule has 3 atom stereocenters. The lowest BCUT2D eigenvalue weighted by atomic mass is 9.78. The van der Waals surface area contributed by atoms with Crippen LogP contribution in [0.15, 0.2) is 72.8 Å². The third-order valence-electron chi connectivity index (χ3n) is 9.07. The number of rotatable bonds is 16. The number of benzene rings is 3. The van der Waals surface area contributed by atoms with Crippen molar-refractivity contribution < 1.29 is 48.3 Å². The van der Waals surface area contributed by atoms with Crippen LogP contribution in [0.25, 0.3) is 0 Å². The molecule has 0 aromatic heterocycles. The summed E-state index contributed by atoms with van der Waals surface area (Å²) in [4.78, 5) is 27.4. The Morgan fingerprint density at radius 1 is 0.957 bits per heavy atom. The fraction of sp³-hybridized carbons (Fsp3) is 0.429. The van der Waals surface area contributed by atoms with Crippen LogP contribution in [0.1, 0.15) is 48.1 Å². The monoisotopic (exact) mass is 654 g/mol. The molecule has 252 valence electrons. The molecule has 12 heteroatoms. The average molecular weight is 655 g/mol. The fourth-order valence-corrected chi connectivity index (χ4v) is 5.99. The van der Waals surface area contributed by atoms with Crippen LogP contribution in [0.2, 0.25) is 0 Å². The summed E-state index contributed by atoms with van der Waals surface area (Å²) in [6, 6.07) is 18.9. The van der Waals surface area contributed by atoms with Gasteiger partial charge in [-0.2, -0.15) is 0 Å². The van der Waals surface area contributed by atoms with Crippen molar-refractivity contribution in [2.45, 2.75) is 49.0 Å². The van der Waals surface area contributed by atoms with Crippen molar-refractivity contribution in [2.75, 3.05) is 44.5 Å². The summed E-state index contributed by atoms with van der Waals surface area (Å²) in [5, 5.41) is 41.5. The van der Waals surface area contributed by atoms with E-state index in [0.29, 0.717) is 50.1 Å². The molecule has 0 unspecified atom stereocenters.